The van der Waals surface area contributed by atoms with Crippen LogP contribution in [0.4, 0.5) is 11.8 Å². The molecule has 8 nitrogen and oxygen atoms in total. The molecule has 4 aromatic rings. The van der Waals surface area contributed by atoms with Gasteiger partial charge in [-0.05, 0) is 13.0 Å². The summed E-state index contributed by atoms with van der Waals surface area (Å²) < 4.78 is 1.59. The fraction of sp³-hybridized carbons (Fsp3) is 0.105. The molecule has 0 fully saturated rings. The Morgan fingerprint density at radius 1 is 1.21 bits per heavy atom. The van der Waals surface area contributed by atoms with E-state index in [0.717, 1.165) is 16.8 Å². The highest BCUT2D eigenvalue weighted by molar-refractivity contribution is 7.59. The van der Waals surface area contributed by atoms with Crippen molar-refractivity contribution < 1.29 is 0 Å². The Bertz CT molecular complexity index is 1200. The molecule has 0 aliphatic carbocycles. The number of aromatic nitrogens is 5. The summed E-state index contributed by atoms with van der Waals surface area (Å²) in [5, 5.41) is 17.7. The third-order valence-electron chi connectivity index (χ3n) is 4.28. The van der Waals surface area contributed by atoms with Gasteiger partial charge < -0.3 is 11.1 Å². The van der Waals surface area contributed by atoms with Crippen LogP contribution >= 0.6 is 25.1 Å². The molecule has 10 heteroatoms. The second kappa shape index (κ2) is 8.34. The number of nitriles is 1. The van der Waals surface area contributed by atoms with Crippen molar-refractivity contribution in [1.29, 1.82) is 5.26 Å². The van der Waals surface area contributed by atoms with Crippen molar-refractivity contribution in [1.82, 2.24) is 24.6 Å². The molecule has 0 saturated carbocycles. The molecule has 4 rings (SSSR count). The number of hydrogen-bond donors (Lipinski definition) is 2. The maximum Gasteiger partial charge on any atom is 0.222 e. The van der Waals surface area contributed by atoms with Crippen LogP contribution in [0.25, 0.3) is 16.9 Å². The van der Waals surface area contributed by atoms with Gasteiger partial charge in [0.1, 0.15) is 17.5 Å². The first kappa shape index (κ1) is 20.4. The number of rotatable bonds is 4. The van der Waals surface area contributed by atoms with Crippen molar-refractivity contribution in [3.63, 3.8) is 0 Å². The van der Waals surface area contributed by atoms with E-state index in [1.54, 1.807) is 10.7 Å². The Morgan fingerprint density at radius 2 is 1.97 bits per heavy atom. The van der Waals surface area contributed by atoms with Gasteiger partial charge in [-0.25, -0.2) is 14.5 Å². The lowest BCUT2D eigenvalue weighted by atomic mass is 10.0. The van der Waals surface area contributed by atoms with E-state index in [-0.39, 0.29) is 25.5 Å². The van der Waals surface area contributed by atoms with Crippen LogP contribution in [0, 0.1) is 11.3 Å². The van der Waals surface area contributed by atoms with Crippen molar-refractivity contribution in [3.05, 3.63) is 65.1 Å². The van der Waals surface area contributed by atoms with Crippen molar-refractivity contribution in [3.8, 4) is 17.3 Å². The summed E-state index contributed by atoms with van der Waals surface area (Å²) in [6, 6.07) is 13.5. The second-order valence-electron chi connectivity index (χ2n) is 6.13. The highest BCUT2D eigenvalue weighted by atomic mass is 35.5. The molecular weight excluding hydrogens is 408 g/mol. The molecule has 0 saturated heterocycles. The van der Waals surface area contributed by atoms with E-state index in [1.807, 2.05) is 43.3 Å². The molecule has 1 atom stereocenters. The fourth-order valence-corrected chi connectivity index (χ4v) is 3.09. The van der Waals surface area contributed by atoms with Crippen LogP contribution in [0.5, 0.6) is 0 Å². The summed E-state index contributed by atoms with van der Waals surface area (Å²) in [5.41, 5.74) is 9.16. The van der Waals surface area contributed by atoms with Gasteiger partial charge in [0.25, 0.3) is 0 Å². The third kappa shape index (κ3) is 3.94. The van der Waals surface area contributed by atoms with Gasteiger partial charge in [0.05, 0.1) is 24.1 Å². The molecule has 146 valence electrons. The van der Waals surface area contributed by atoms with Gasteiger partial charge in [0.2, 0.25) is 5.95 Å². The number of anilines is 2. The number of nitrogens with two attached hydrogens (primary N) is 1. The molecule has 1 aromatic carbocycles. The molecule has 3 N–H and O–H groups in total. The number of halogens is 1. The van der Waals surface area contributed by atoms with Gasteiger partial charge in [0.15, 0.2) is 10.8 Å². The SMILES string of the molecule is C[C@H](Nc1nc(N)ncc1C#N)c1cc2ncc(Cl)n2nc1-c1ccccc1.S. The Labute approximate surface area is 178 Å². The van der Waals surface area contributed by atoms with Crippen molar-refractivity contribution in [2.75, 3.05) is 11.1 Å². The van der Waals surface area contributed by atoms with Crippen molar-refractivity contribution in [2.45, 2.75) is 13.0 Å². The number of fused-ring (bicyclic) bond motifs is 1. The Morgan fingerprint density at radius 3 is 2.69 bits per heavy atom. The van der Waals surface area contributed by atoms with E-state index < -0.39 is 0 Å². The Kier molecular flexibility index (Phi) is 5.87. The first-order valence-corrected chi connectivity index (χ1v) is 8.83. The molecule has 3 aromatic heterocycles. The average Bonchev–Trinajstić information content (AvgIpc) is 3.08. The van der Waals surface area contributed by atoms with E-state index in [2.05, 4.69) is 31.4 Å². The van der Waals surface area contributed by atoms with E-state index >= 15 is 0 Å². The lowest BCUT2D eigenvalue weighted by molar-refractivity contribution is 0.840. The van der Waals surface area contributed by atoms with Gasteiger partial charge in [-0.1, -0.05) is 41.9 Å². The zero-order valence-corrected chi connectivity index (χ0v) is 17.1. The summed E-state index contributed by atoms with van der Waals surface area (Å²) in [4.78, 5) is 12.3. The number of nitrogen functional groups attached to an aromatic ring is 1. The quantitative estimate of drug-likeness (QED) is 0.514. The van der Waals surface area contributed by atoms with Gasteiger partial charge in [-0.2, -0.15) is 28.8 Å². The number of hydrogen-bond acceptors (Lipinski definition) is 7. The summed E-state index contributed by atoms with van der Waals surface area (Å²) in [7, 11) is 0. The van der Waals surface area contributed by atoms with Gasteiger partial charge in [0, 0.05) is 11.1 Å². The van der Waals surface area contributed by atoms with Crippen LogP contribution in [-0.4, -0.2) is 24.6 Å². The number of nitrogens with zero attached hydrogens (tertiary/aromatic N) is 6. The zero-order valence-electron chi connectivity index (χ0n) is 15.3. The summed E-state index contributed by atoms with van der Waals surface area (Å²) >= 11 is 6.21. The van der Waals surface area contributed by atoms with Gasteiger partial charge >= 0.3 is 0 Å². The Hall–Kier alpha value is -3.35. The number of imidazole rings is 1. The normalized spacial score (nSPS) is 11.5. The molecule has 3 heterocycles. The molecule has 0 spiro atoms. The standard InChI is InChI=1S/C19H15ClN8.H2S/c1-11(25-18-13(8-21)9-24-19(22)26-18)14-7-16-23-10-15(20)28(16)27-17(14)12-5-3-2-4-6-12;/h2-7,9-11H,1H3,(H3,22,24,25,26);1H2/t11-;/m0./s1. The van der Waals surface area contributed by atoms with Crippen LogP contribution in [0.3, 0.4) is 0 Å². The fourth-order valence-electron chi connectivity index (χ4n) is 2.92. The minimum absolute atomic E-state index is 0. The summed E-state index contributed by atoms with van der Waals surface area (Å²) in [6.45, 7) is 1.95. The average molecular weight is 425 g/mol. The Balaban J connectivity index is 0.00000240. The van der Waals surface area contributed by atoms with Crippen molar-refractivity contribution >= 4 is 42.5 Å². The second-order valence-corrected chi connectivity index (χ2v) is 6.52. The predicted molar refractivity (Wildman–Crippen MR) is 117 cm³/mol. The molecule has 0 aliphatic rings. The maximum atomic E-state index is 9.32. The van der Waals surface area contributed by atoms with Crippen LogP contribution in [0.1, 0.15) is 24.1 Å². The van der Waals surface area contributed by atoms with Gasteiger partial charge in [-0.15, -0.1) is 0 Å². The molecule has 0 aliphatic heterocycles. The minimum Gasteiger partial charge on any atom is -0.368 e. The van der Waals surface area contributed by atoms with E-state index in [1.165, 1.54) is 6.20 Å². The van der Waals surface area contributed by atoms with Crippen molar-refractivity contribution in [2.24, 2.45) is 0 Å². The highest BCUT2D eigenvalue weighted by Crippen LogP contribution is 2.30. The highest BCUT2D eigenvalue weighted by Gasteiger charge is 2.19. The van der Waals surface area contributed by atoms with E-state index in [9.17, 15) is 5.26 Å². The number of nitrogens with one attached hydrogen (secondary N) is 1. The lowest BCUT2D eigenvalue weighted by Crippen LogP contribution is -2.13. The third-order valence-corrected chi connectivity index (χ3v) is 4.53. The summed E-state index contributed by atoms with van der Waals surface area (Å²) in [6.07, 6.45) is 2.95. The summed E-state index contributed by atoms with van der Waals surface area (Å²) in [5.74, 6) is 0.452. The molecular formula is C19H17ClN8S. The minimum atomic E-state index is -0.246. The zero-order chi connectivity index (χ0) is 19.7. The molecule has 29 heavy (non-hydrogen) atoms. The number of benzene rings is 1. The van der Waals surface area contributed by atoms with Crippen LogP contribution in [0.15, 0.2) is 48.8 Å². The smallest absolute Gasteiger partial charge is 0.222 e. The monoisotopic (exact) mass is 424 g/mol. The lowest BCUT2D eigenvalue weighted by Gasteiger charge is -2.19. The van der Waals surface area contributed by atoms with E-state index in [4.69, 9.17) is 17.3 Å². The first-order valence-electron chi connectivity index (χ1n) is 8.45. The maximum absolute atomic E-state index is 9.32. The molecule has 0 radical (unpaired) electrons. The topological polar surface area (TPSA) is 118 Å². The largest absolute Gasteiger partial charge is 0.368 e. The first-order chi connectivity index (χ1) is 13.6. The van der Waals surface area contributed by atoms with E-state index in [0.29, 0.717) is 22.2 Å². The van der Waals surface area contributed by atoms with Crippen LogP contribution in [-0.2, 0) is 0 Å². The molecule has 0 amide bonds. The van der Waals surface area contributed by atoms with Crippen LogP contribution in [0.2, 0.25) is 5.15 Å². The van der Waals surface area contributed by atoms with Crippen LogP contribution < -0.4 is 11.1 Å². The van der Waals surface area contributed by atoms with Gasteiger partial charge in [-0.3, -0.25) is 0 Å². The predicted octanol–water partition coefficient (Wildman–Crippen LogP) is 3.58. The molecule has 0 unspecified atom stereocenters. The molecule has 0 bridgehead atoms.